The van der Waals surface area contributed by atoms with Crippen LogP contribution in [0.1, 0.15) is 11.6 Å². The molecule has 0 saturated heterocycles. The van der Waals surface area contributed by atoms with Crippen LogP contribution >= 0.6 is 0 Å². The number of anilines is 1. The van der Waals surface area contributed by atoms with Crippen molar-refractivity contribution in [1.82, 2.24) is 14.8 Å². The van der Waals surface area contributed by atoms with Crippen molar-refractivity contribution in [3.05, 3.63) is 51.8 Å². The molecule has 0 radical (unpaired) electrons. The van der Waals surface area contributed by atoms with Crippen molar-refractivity contribution in [1.29, 1.82) is 5.26 Å². The molecule has 1 aromatic heterocycles. The Morgan fingerprint density at radius 1 is 1.52 bits per heavy atom. The lowest BCUT2D eigenvalue weighted by Gasteiger charge is -2.25. The second kappa shape index (κ2) is 4.61. The molecule has 1 aliphatic heterocycles. The number of hydrogen-bond donors (Lipinski definition) is 2. The normalized spacial score (nSPS) is 16.8. The Labute approximate surface area is 118 Å². The summed E-state index contributed by atoms with van der Waals surface area (Å²) in [4.78, 5) is 14.4. The Morgan fingerprint density at radius 3 is 3.05 bits per heavy atom. The van der Waals surface area contributed by atoms with E-state index >= 15 is 0 Å². The molecule has 9 nitrogen and oxygen atoms in total. The molecule has 9 heteroatoms. The quantitative estimate of drug-likeness (QED) is 0.619. The summed E-state index contributed by atoms with van der Waals surface area (Å²) in [5, 5.41) is 27.1. The topological polar surface area (TPSA) is 136 Å². The second-order valence-corrected chi connectivity index (χ2v) is 4.34. The second-order valence-electron chi connectivity index (χ2n) is 4.34. The Kier molecular flexibility index (Phi) is 2.77. The number of nitrogens with two attached hydrogens (primary N) is 1. The number of aromatic nitrogens is 3. The third-order valence-electron chi connectivity index (χ3n) is 3.15. The molecule has 0 spiro atoms. The summed E-state index contributed by atoms with van der Waals surface area (Å²) in [7, 11) is 0. The van der Waals surface area contributed by atoms with E-state index < -0.39 is 11.0 Å². The lowest BCUT2D eigenvalue weighted by atomic mass is 9.98. The molecule has 3 N–H and O–H groups in total. The van der Waals surface area contributed by atoms with Crippen molar-refractivity contribution < 1.29 is 4.92 Å². The van der Waals surface area contributed by atoms with Gasteiger partial charge in [0.1, 0.15) is 18.2 Å². The van der Waals surface area contributed by atoms with E-state index in [1.165, 1.54) is 23.1 Å². The summed E-state index contributed by atoms with van der Waals surface area (Å²) in [6.07, 6.45) is 1.31. The lowest BCUT2D eigenvalue weighted by molar-refractivity contribution is -0.384. The zero-order valence-corrected chi connectivity index (χ0v) is 10.6. The summed E-state index contributed by atoms with van der Waals surface area (Å²) in [6, 6.07) is 7.43. The highest BCUT2D eigenvalue weighted by Crippen LogP contribution is 2.33. The van der Waals surface area contributed by atoms with E-state index in [1.807, 2.05) is 6.07 Å². The van der Waals surface area contributed by atoms with Gasteiger partial charge in [0.25, 0.3) is 5.69 Å². The molecule has 104 valence electrons. The van der Waals surface area contributed by atoms with E-state index in [9.17, 15) is 15.4 Å². The highest BCUT2D eigenvalue weighted by atomic mass is 16.6. The van der Waals surface area contributed by atoms with Crippen LogP contribution in [0.15, 0.2) is 36.2 Å². The molecule has 2 heterocycles. The summed E-state index contributed by atoms with van der Waals surface area (Å²) in [6.45, 7) is 0. The van der Waals surface area contributed by atoms with Crippen molar-refractivity contribution in [2.24, 2.45) is 5.73 Å². The van der Waals surface area contributed by atoms with Crippen LogP contribution in [0.5, 0.6) is 0 Å². The van der Waals surface area contributed by atoms with Crippen molar-refractivity contribution >= 4 is 17.5 Å². The third kappa shape index (κ3) is 1.95. The standard InChI is InChI=1S/C12H9N7O2/c13-5-9-10(7-2-1-3-8(4-7)19(20)21)17-12-15-6-16-18(12)11(9)14/h1-4,6,10H,14H2,(H,15,16,17). The molecule has 1 unspecified atom stereocenters. The smallest absolute Gasteiger partial charge is 0.269 e. The lowest BCUT2D eigenvalue weighted by Crippen LogP contribution is -2.27. The Morgan fingerprint density at radius 2 is 2.33 bits per heavy atom. The van der Waals surface area contributed by atoms with Gasteiger partial charge in [0.15, 0.2) is 0 Å². The molecule has 1 aromatic carbocycles. The van der Waals surface area contributed by atoms with Gasteiger partial charge < -0.3 is 11.1 Å². The SMILES string of the molecule is N#CC1=C(N)n2ncnc2NC1c1cccc([N+](=O)[O-])c1. The average Bonchev–Trinajstić information content (AvgIpc) is 2.96. The fourth-order valence-corrected chi connectivity index (χ4v) is 2.17. The monoisotopic (exact) mass is 283 g/mol. The molecule has 1 atom stereocenters. The van der Waals surface area contributed by atoms with Crippen LogP contribution in [0.3, 0.4) is 0 Å². The molecular weight excluding hydrogens is 274 g/mol. The molecule has 0 saturated carbocycles. The zero-order valence-electron chi connectivity index (χ0n) is 10.6. The minimum absolute atomic E-state index is 0.0581. The number of benzene rings is 1. The number of nitriles is 1. The van der Waals surface area contributed by atoms with E-state index in [2.05, 4.69) is 15.4 Å². The number of nitrogens with zero attached hydrogens (tertiary/aromatic N) is 5. The van der Waals surface area contributed by atoms with Crippen LogP contribution in [0.4, 0.5) is 11.6 Å². The van der Waals surface area contributed by atoms with Crippen molar-refractivity contribution in [2.75, 3.05) is 5.32 Å². The molecule has 0 amide bonds. The summed E-state index contributed by atoms with van der Waals surface area (Å²) < 4.78 is 1.31. The van der Waals surface area contributed by atoms with E-state index in [-0.39, 0.29) is 17.1 Å². The number of non-ortho nitro benzene ring substituents is 1. The Balaban J connectivity index is 2.11. The molecule has 2 aromatic rings. The number of nitro groups is 1. The minimum atomic E-state index is -0.605. The van der Waals surface area contributed by atoms with Crippen LogP contribution in [0.25, 0.3) is 5.82 Å². The van der Waals surface area contributed by atoms with E-state index in [0.29, 0.717) is 11.5 Å². The summed E-state index contributed by atoms with van der Waals surface area (Å²) in [5.74, 6) is 0.531. The van der Waals surface area contributed by atoms with Gasteiger partial charge in [0.2, 0.25) is 5.95 Å². The van der Waals surface area contributed by atoms with Gasteiger partial charge >= 0.3 is 0 Å². The van der Waals surface area contributed by atoms with E-state index in [0.717, 1.165) is 0 Å². The summed E-state index contributed by atoms with van der Waals surface area (Å²) >= 11 is 0. The largest absolute Gasteiger partial charge is 0.383 e. The maximum atomic E-state index is 10.9. The molecule has 3 rings (SSSR count). The first-order valence-corrected chi connectivity index (χ1v) is 5.93. The van der Waals surface area contributed by atoms with Crippen LogP contribution in [-0.4, -0.2) is 19.7 Å². The fraction of sp³-hybridized carbons (Fsp3) is 0.0833. The molecule has 1 aliphatic rings. The third-order valence-corrected chi connectivity index (χ3v) is 3.15. The predicted octanol–water partition coefficient (Wildman–Crippen LogP) is 1.00. The van der Waals surface area contributed by atoms with Crippen molar-refractivity contribution in [3.8, 4) is 6.07 Å². The molecule has 0 fully saturated rings. The number of rotatable bonds is 2. The Bertz CT molecular complexity index is 802. The molecule has 0 aliphatic carbocycles. The first kappa shape index (κ1) is 12.6. The summed E-state index contributed by atoms with van der Waals surface area (Å²) in [5.41, 5.74) is 6.64. The van der Waals surface area contributed by atoms with Gasteiger partial charge in [-0.15, -0.1) is 0 Å². The zero-order chi connectivity index (χ0) is 15.0. The maximum absolute atomic E-state index is 10.9. The first-order chi connectivity index (χ1) is 10.1. The number of fused-ring (bicyclic) bond motifs is 1. The van der Waals surface area contributed by atoms with Gasteiger partial charge in [0.05, 0.1) is 16.5 Å². The highest BCUT2D eigenvalue weighted by Gasteiger charge is 2.29. The fourth-order valence-electron chi connectivity index (χ4n) is 2.17. The van der Waals surface area contributed by atoms with Crippen molar-refractivity contribution in [3.63, 3.8) is 0 Å². The highest BCUT2D eigenvalue weighted by molar-refractivity contribution is 5.65. The van der Waals surface area contributed by atoms with Gasteiger partial charge in [0, 0.05) is 12.1 Å². The van der Waals surface area contributed by atoms with Gasteiger partial charge in [-0.05, 0) is 5.56 Å². The van der Waals surface area contributed by atoms with Gasteiger partial charge in [-0.1, -0.05) is 12.1 Å². The van der Waals surface area contributed by atoms with E-state index in [1.54, 1.807) is 12.1 Å². The number of nitrogens with one attached hydrogen (secondary N) is 1. The Hall–Kier alpha value is -3.41. The maximum Gasteiger partial charge on any atom is 0.269 e. The predicted molar refractivity (Wildman–Crippen MR) is 72.5 cm³/mol. The molecule has 21 heavy (non-hydrogen) atoms. The molecule has 0 bridgehead atoms. The van der Waals surface area contributed by atoms with Gasteiger partial charge in [-0.3, -0.25) is 10.1 Å². The van der Waals surface area contributed by atoms with Crippen LogP contribution < -0.4 is 11.1 Å². The van der Waals surface area contributed by atoms with Crippen LogP contribution in [-0.2, 0) is 0 Å². The van der Waals surface area contributed by atoms with Crippen LogP contribution in [0, 0.1) is 21.4 Å². The first-order valence-electron chi connectivity index (χ1n) is 5.93. The van der Waals surface area contributed by atoms with Crippen LogP contribution in [0.2, 0.25) is 0 Å². The van der Waals surface area contributed by atoms with Crippen molar-refractivity contribution in [2.45, 2.75) is 6.04 Å². The molecular formula is C12H9N7O2. The van der Waals surface area contributed by atoms with E-state index in [4.69, 9.17) is 5.73 Å². The van der Waals surface area contributed by atoms with Gasteiger partial charge in [-0.2, -0.15) is 20.0 Å². The number of hydrogen-bond acceptors (Lipinski definition) is 7. The number of nitro benzene ring substituents is 1. The average molecular weight is 283 g/mol. The minimum Gasteiger partial charge on any atom is -0.383 e. The van der Waals surface area contributed by atoms with Gasteiger partial charge in [-0.25, -0.2) is 0 Å².